The topological polar surface area (TPSA) is 58.6 Å². The Hall–Kier alpha value is -2.89. The van der Waals surface area contributed by atoms with Crippen molar-refractivity contribution in [3.05, 3.63) is 59.4 Å². The van der Waals surface area contributed by atoms with E-state index in [9.17, 15) is 14.0 Å². The minimum absolute atomic E-state index is 0.0629. The SMILES string of the molecule is CC(C)C(=O)Nc1ccc2c(c1)CN(CCc1ccc(F)cc1)C(=O)C(C)O2. The highest BCUT2D eigenvalue weighted by Gasteiger charge is 2.27. The first-order valence-corrected chi connectivity index (χ1v) is 9.47. The summed E-state index contributed by atoms with van der Waals surface area (Å²) >= 11 is 0. The number of carbonyl (C=O) groups is 2. The fraction of sp³-hybridized carbons (Fsp3) is 0.364. The normalized spacial score (nSPS) is 16.4. The molecule has 2 aromatic carbocycles. The Kier molecular flexibility index (Phi) is 5.97. The Morgan fingerprint density at radius 2 is 1.96 bits per heavy atom. The third kappa shape index (κ3) is 4.68. The monoisotopic (exact) mass is 384 g/mol. The van der Waals surface area contributed by atoms with E-state index in [1.165, 1.54) is 12.1 Å². The summed E-state index contributed by atoms with van der Waals surface area (Å²) in [7, 11) is 0. The third-order valence-corrected chi connectivity index (χ3v) is 4.76. The number of benzene rings is 2. The fourth-order valence-electron chi connectivity index (χ4n) is 3.07. The molecule has 0 radical (unpaired) electrons. The van der Waals surface area contributed by atoms with Gasteiger partial charge in [-0.3, -0.25) is 9.59 Å². The zero-order valence-corrected chi connectivity index (χ0v) is 16.4. The van der Waals surface area contributed by atoms with Crippen LogP contribution in [0, 0.1) is 11.7 Å². The summed E-state index contributed by atoms with van der Waals surface area (Å²) in [6.07, 6.45) is 0.0308. The highest BCUT2D eigenvalue weighted by Crippen LogP contribution is 2.29. The number of halogens is 1. The highest BCUT2D eigenvalue weighted by atomic mass is 19.1. The van der Waals surface area contributed by atoms with Gasteiger partial charge in [-0.1, -0.05) is 26.0 Å². The Bertz CT molecular complexity index is 865. The Balaban J connectivity index is 1.77. The van der Waals surface area contributed by atoms with Gasteiger partial charge in [0.25, 0.3) is 5.91 Å². The number of carbonyl (C=O) groups excluding carboxylic acids is 2. The predicted molar refractivity (Wildman–Crippen MR) is 106 cm³/mol. The van der Waals surface area contributed by atoms with E-state index in [0.717, 1.165) is 11.1 Å². The molecule has 0 aliphatic carbocycles. The smallest absolute Gasteiger partial charge is 0.263 e. The van der Waals surface area contributed by atoms with Crippen molar-refractivity contribution in [1.82, 2.24) is 4.90 Å². The molecule has 0 fully saturated rings. The van der Waals surface area contributed by atoms with Crippen molar-refractivity contribution >= 4 is 17.5 Å². The Morgan fingerprint density at radius 1 is 1.25 bits per heavy atom. The molecule has 2 amide bonds. The van der Waals surface area contributed by atoms with Gasteiger partial charge in [-0.15, -0.1) is 0 Å². The number of nitrogens with one attached hydrogen (secondary N) is 1. The highest BCUT2D eigenvalue weighted by molar-refractivity contribution is 5.92. The van der Waals surface area contributed by atoms with Gasteiger partial charge in [0.2, 0.25) is 5.91 Å². The van der Waals surface area contributed by atoms with Crippen molar-refractivity contribution in [3.63, 3.8) is 0 Å². The molecule has 0 saturated carbocycles. The van der Waals surface area contributed by atoms with Crippen molar-refractivity contribution in [3.8, 4) is 5.75 Å². The zero-order valence-electron chi connectivity index (χ0n) is 16.4. The summed E-state index contributed by atoms with van der Waals surface area (Å²) in [5.41, 5.74) is 2.49. The van der Waals surface area contributed by atoms with Gasteiger partial charge in [0.15, 0.2) is 6.10 Å². The second-order valence-corrected chi connectivity index (χ2v) is 7.36. The van der Waals surface area contributed by atoms with Crippen LogP contribution in [0.5, 0.6) is 5.75 Å². The van der Waals surface area contributed by atoms with Crippen molar-refractivity contribution < 1.29 is 18.7 Å². The number of hydrogen-bond acceptors (Lipinski definition) is 3. The average Bonchev–Trinajstić information content (AvgIpc) is 2.78. The molecule has 0 saturated heterocycles. The molecule has 28 heavy (non-hydrogen) atoms. The standard InChI is InChI=1S/C22H25FN2O3/c1-14(2)21(26)24-19-8-9-20-17(12-19)13-25(22(27)15(3)28-20)11-10-16-4-6-18(23)7-5-16/h4-9,12,14-15H,10-11,13H2,1-3H3,(H,24,26). The number of hydrogen-bond donors (Lipinski definition) is 1. The fourth-order valence-corrected chi connectivity index (χ4v) is 3.07. The maximum Gasteiger partial charge on any atom is 0.263 e. The molecule has 148 valence electrons. The van der Waals surface area contributed by atoms with Gasteiger partial charge in [0.1, 0.15) is 11.6 Å². The van der Waals surface area contributed by atoms with Gasteiger partial charge in [0.05, 0.1) is 0 Å². The zero-order chi connectivity index (χ0) is 20.3. The summed E-state index contributed by atoms with van der Waals surface area (Å²) < 4.78 is 18.9. The van der Waals surface area contributed by atoms with Gasteiger partial charge in [0, 0.05) is 30.3 Å². The summed E-state index contributed by atoms with van der Waals surface area (Å²) in [6.45, 7) is 6.29. The first-order chi connectivity index (χ1) is 13.3. The van der Waals surface area contributed by atoms with Crippen LogP contribution < -0.4 is 10.1 Å². The van der Waals surface area contributed by atoms with Crippen LogP contribution in [0.4, 0.5) is 10.1 Å². The lowest BCUT2D eigenvalue weighted by atomic mass is 10.1. The van der Waals surface area contributed by atoms with E-state index in [4.69, 9.17) is 4.74 Å². The molecular weight excluding hydrogens is 359 g/mol. The molecule has 1 N–H and O–H groups in total. The molecule has 1 heterocycles. The molecule has 0 aromatic heterocycles. The summed E-state index contributed by atoms with van der Waals surface area (Å²) in [6, 6.07) is 11.7. The van der Waals surface area contributed by atoms with E-state index in [2.05, 4.69) is 5.32 Å². The second-order valence-electron chi connectivity index (χ2n) is 7.36. The summed E-state index contributed by atoms with van der Waals surface area (Å²) in [4.78, 5) is 26.4. The number of amides is 2. The van der Waals surface area contributed by atoms with Gasteiger partial charge in [-0.2, -0.15) is 0 Å². The predicted octanol–water partition coefficient (Wildman–Crippen LogP) is 3.77. The van der Waals surface area contributed by atoms with E-state index in [-0.39, 0.29) is 23.5 Å². The van der Waals surface area contributed by atoms with E-state index in [1.807, 2.05) is 19.9 Å². The minimum atomic E-state index is -0.592. The number of fused-ring (bicyclic) bond motifs is 1. The van der Waals surface area contributed by atoms with E-state index >= 15 is 0 Å². The number of anilines is 1. The van der Waals surface area contributed by atoms with Gasteiger partial charge >= 0.3 is 0 Å². The van der Waals surface area contributed by atoms with Crippen LogP contribution in [0.1, 0.15) is 31.9 Å². The van der Waals surface area contributed by atoms with Crippen LogP contribution >= 0.6 is 0 Å². The van der Waals surface area contributed by atoms with E-state index < -0.39 is 6.10 Å². The molecule has 0 spiro atoms. The lowest BCUT2D eigenvalue weighted by Crippen LogP contribution is -2.39. The van der Waals surface area contributed by atoms with Crippen LogP contribution in [0.25, 0.3) is 0 Å². The molecule has 1 aliphatic heterocycles. The largest absolute Gasteiger partial charge is 0.481 e. The summed E-state index contributed by atoms with van der Waals surface area (Å²) in [5, 5.41) is 2.88. The molecular formula is C22H25FN2O3. The molecule has 2 aromatic rings. The first-order valence-electron chi connectivity index (χ1n) is 9.47. The van der Waals surface area contributed by atoms with Crippen LogP contribution in [0.2, 0.25) is 0 Å². The van der Waals surface area contributed by atoms with Crippen molar-refractivity contribution in [1.29, 1.82) is 0 Å². The molecule has 5 nitrogen and oxygen atoms in total. The van der Waals surface area contributed by atoms with Crippen molar-refractivity contribution in [2.24, 2.45) is 5.92 Å². The lowest BCUT2D eigenvalue weighted by molar-refractivity contribution is -0.137. The quantitative estimate of drug-likeness (QED) is 0.854. The maximum absolute atomic E-state index is 13.1. The minimum Gasteiger partial charge on any atom is -0.481 e. The summed E-state index contributed by atoms with van der Waals surface area (Å²) in [5.74, 6) is 0.0937. The number of nitrogens with zero attached hydrogens (tertiary/aromatic N) is 1. The van der Waals surface area contributed by atoms with Crippen LogP contribution in [-0.4, -0.2) is 29.4 Å². The molecule has 3 rings (SSSR count). The van der Waals surface area contributed by atoms with Crippen LogP contribution in [0.15, 0.2) is 42.5 Å². The van der Waals surface area contributed by atoms with E-state index in [0.29, 0.717) is 30.9 Å². The van der Waals surface area contributed by atoms with Crippen LogP contribution in [0.3, 0.4) is 0 Å². The van der Waals surface area contributed by atoms with Crippen molar-refractivity contribution in [2.75, 3.05) is 11.9 Å². The lowest BCUT2D eigenvalue weighted by Gasteiger charge is -2.22. The molecule has 1 aliphatic rings. The van der Waals surface area contributed by atoms with Crippen LogP contribution in [-0.2, 0) is 22.6 Å². The van der Waals surface area contributed by atoms with E-state index in [1.54, 1.807) is 36.1 Å². The number of ether oxygens (including phenoxy) is 1. The van der Waals surface area contributed by atoms with Gasteiger partial charge in [-0.05, 0) is 49.2 Å². The molecule has 1 atom stereocenters. The Labute approximate surface area is 164 Å². The third-order valence-electron chi connectivity index (χ3n) is 4.76. The molecule has 1 unspecified atom stereocenters. The van der Waals surface area contributed by atoms with Gasteiger partial charge in [-0.25, -0.2) is 4.39 Å². The van der Waals surface area contributed by atoms with Crippen molar-refractivity contribution in [2.45, 2.75) is 39.8 Å². The van der Waals surface area contributed by atoms with Gasteiger partial charge < -0.3 is 15.0 Å². The number of rotatable bonds is 5. The first kappa shape index (κ1) is 19.9. The molecule has 6 heteroatoms. The Morgan fingerprint density at radius 3 is 2.64 bits per heavy atom. The second kappa shape index (κ2) is 8.42. The average molecular weight is 384 g/mol. The maximum atomic E-state index is 13.1. The molecule has 0 bridgehead atoms.